The second-order valence-electron chi connectivity index (χ2n) is 8.58. The minimum Gasteiger partial charge on any atom is -0.497 e. The summed E-state index contributed by atoms with van der Waals surface area (Å²) in [6, 6.07) is 15.8. The molecular formula is C27H29N3O4. The van der Waals surface area contributed by atoms with Crippen LogP contribution in [0.4, 0.5) is 5.82 Å². The van der Waals surface area contributed by atoms with E-state index < -0.39 is 0 Å². The van der Waals surface area contributed by atoms with Crippen LogP contribution in [-0.2, 0) is 0 Å². The average molecular weight is 460 g/mol. The Morgan fingerprint density at radius 2 is 1.53 bits per heavy atom. The summed E-state index contributed by atoms with van der Waals surface area (Å²) < 4.78 is 17.1. The molecule has 1 fully saturated rings. The molecule has 3 heterocycles. The van der Waals surface area contributed by atoms with Gasteiger partial charge in [0.1, 0.15) is 29.4 Å². The van der Waals surface area contributed by atoms with Gasteiger partial charge in [-0.1, -0.05) is 12.1 Å². The Morgan fingerprint density at radius 1 is 0.912 bits per heavy atom. The van der Waals surface area contributed by atoms with Crippen molar-refractivity contribution < 1.29 is 19.0 Å². The van der Waals surface area contributed by atoms with Crippen LogP contribution < -0.4 is 14.4 Å². The number of aliphatic hydroxyl groups excluding tert-OH is 1. The Balaban J connectivity index is 1.65. The third-order valence-corrected chi connectivity index (χ3v) is 6.65. The second-order valence-corrected chi connectivity index (χ2v) is 8.58. The Morgan fingerprint density at radius 3 is 2.12 bits per heavy atom. The topological polar surface area (TPSA) is 80.9 Å². The van der Waals surface area contributed by atoms with E-state index in [-0.39, 0.29) is 6.61 Å². The minimum atomic E-state index is 0.247. The van der Waals surface area contributed by atoms with E-state index in [9.17, 15) is 5.11 Å². The van der Waals surface area contributed by atoms with Crippen molar-refractivity contribution in [3.8, 4) is 33.9 Å². The van der Waals surface area contributed by atoms with Crippen LogP contribution in [0, 0.1) is 5.92 Å². The molecule has 1 saturated heterocycles. The Labute approximate surface area is 199 Å². The van der Waals surface area contributed by atoms with Gasteiger partial charge in [-0.05, 0) is 67.1 Å². The van der Waals surface area contributed by atoms with Gasteiger partial charge in [-0.2, -0.15) is 0 Å². The number of methoxy groups -OCH3 is 2. The van der Waals surface area contributed by atoms with Crippen LogP contribution in [0.15, 0.2) is 59.3 Å². The molecule has 7 heteroatoms. The standard InChI is InChI=1S/C27H29N3O4/c1-32-21-7-3-19(4-8-21)23-24-26(30-14-11-18(12-15-30)13-16-31)28-17-29-27(24)34-25(23)20-5-9-22(33-2)10-6-20/h3-10,17-18,31H,11-16H2,1-2H3. The van der Waals surface area contributed by atoms with E-state index in [0.717, 1.165) is 77.5 Å². The van der Waals surface area contributed by atoms with Crippen molar-refractivity contribution in [2.75, 3.05) is 38.8 Å². The molecule has 4 aromatic rings. The summed E-state index contributed by atoms with van der Waals surface area (Å²) in [6.45, 7) is 2.03. The first-order valence-corrected chi connectivity index (χ1v) is 11.6. The van der Waals surface area contributed by atoms with E-state index in [1.165, 1.54) is 0 Å². The van der Waals surface area contributed by atoms with Gasteiger partial charge in [0.25, 0.3) is 0 Å². The molecule has 1 N–H and O–H groups in total. The van der Waals surface area contributed by atoms with Crippen molar-refractivity contribution >= 4 is 16.9 Å². The van der Waals surface area contributed by atoms with Crippen molar-refractivity contribution in [1.29, 1.82) is 0 Å². The Bertz CT molecular complexity index is 1240. The third-order valence-electron chi connectivity index (χ3n) is 6.65. The predicted molar refractivity (Wildman–Crippen MR) is 132 cm³/mol. The fourth-order valence-electron chi connectivity index (χ4n) is 4.75. The quantitative estimate of drug-likeness (QED) is 0.408. The van der Waals surface area contributed by atoms with E-state index in [1.54, 1.807) is 20.5 Å². The molecule has 34 heavy (non-hydrogen) atoms. The molecule has 2 aromatic heterocycles. The van der Waals surface area contributed by atoms with Crippen LogP contribution in [-0.4, -0.2) is 49.0 Å². The molecule has 1 aliphatic heterocycles. The number of rotatable bonds is 7. The van der Waals surface area contributed by atoms with Gasteiger partial charge in [0.15, 0.2) is 0 Å². The van der Waals surface area contributed by atoms with Gasteiger partial charge in [0.2, 0.25) is 5.71 Å². The molecule has 176 valence electrons. The number of aromatic nitrogens is 2. The number of anilines is 1. The molecule has 1 aliphatic rings. The van der Waals surface area contributed by atoms with Gasteiger partial charge in [0, 0.05) is 30.8 Å². The normalized spacial score (nSPS) is 14.5. The summed E-state index contributed by atoms with van der Waals surface area (Å²) in [5.74, 6) is 3.78. The van der Waals surface area contributed by atoms with Crippen molar-refractivity contribution in [2.45, 2.75) is 19.3 Å². The molecule has 0 aliphatic carbocycles. The van der Waals surface area contributed by atoms with E-state index in [1.807, 2.05) is 48.5 Å². The lowest BCUT2D eigenvalue weighted by atomic mass is 9.93. The molecule has 0 radical (unpaired) electrons. The molecule has 0 saturated carbocycles. The molecule has 0 bridgehead atoms. The van der Waals surface area contributed by atoms with Gasteiger partial charge in [-0.3, -0.25) is 0 Å². The number of ether oxygens (including phenoxy) is 2. The highest BCUT2D eigenvalue weighted by Crippen LogP contribution is 2.44. The van der Waals surface area contributed by atoms with Crippen molar-refractivity contribution in [1.82, 2.24) is 9.97 Å². The van der Waals surface area contributed by atoms with Gasteiger partial charge in [0.05, 0.1) is 19.6 Å². The second kappa shape index (κ2) is 9.73. The van der Waals surface area contributed by atoms with Gasteiger partial charge in [-0.25, -0.2) is 9.97 Å². The van der Waals surface area contributed by atoms with Gasteiger partial charge >= 0.3 is 0 Å². The van der Waals surface area contributed by atoms with Crippen LogP contribution in [0.5, 0.6) is 11.5 Å². The number of benzene rings is 2. The molecule has 0 amide bonds. The summed E-state index contributed by atoms with van der Waals surface area (Å²) in [7, 11) is 3.32. The highest BCUT2D eigenvalue weighted by Gasteiger charge is 2.27. The van der Waals surface area contributed by atoms with Crippen LogP contribution in [0.2, 0.25) is 0 Å². The maximum atomic E-state index is 9.32. The number of furan rings is 1. The summed E-state index contributed by atoms with van der Waals surface area (Å²) >= 11 is 0. The molecule has 2 aromatic carbocycles. The lowest BCUT2D eigenvalue weighted by molar-refractivity contribution is 0.240. The van der Waals surface area contributed by atoms with Crippen LogP contribution >= 0.6 is 0 Å². The zero-order valence-corrected chi connectivity index (χ0v) is 19.5. The molecule has 7 nitrogen and oxygen atoms in total. The zero-order chi connectivity index (χ0) is 23.5. The summed E-state index contributed by atoms with van der Waals surface area (Å²) in [5, 5.41) is 10.2. The SMILES string of the molecule is COc1ccc(-c2oc3ncnc(N4CCC(CCO)CC4)c3c2-c2ccc(OC)cc2)cc1. The van der Waals surface area contributed by atoms with Crippen molar-refractivity contribution in [2.24, 2.45) is 5.92 Å². The predicted octanol–water partition coefficient (Wildman–Crippen LogP) is 5.17. The van der Waals surface area contributed by atoms with E-state index >= 15 is 0 Å². The highest BCUT2D eigenvalue weighted by atomic mass is 16.5. The number of aliphatic hydroxyl groups is 1. The largest absolute Gasteiger partial charge is 0.497 e. The van der Waals surface area contributed by atoms with Crippen molar-refractivity contribution in [3.05, 3.63) is 54.9 Å². The molecular weight excluding hydrogens is 430 g/mol. The number of hydrogen-bond donors (Lipinski definition) is 1. The fraction of sp³-hybridized carbons (Fsp3) is 0.333. The zero-order valence-electron chi connectivity index (χ0n) is 19.5. The van der Waals surface area contributed by atoms with Crippen molar-refractivity contribution in [3.63, 3.8) is 0 Å². The number of hydrogen-bond acceptors (Lipinski definition) is 7. The first-order valence-electron chi connectivity index (χ1n) is 11.6. The van der Waals surface area contributed by atoms with Crippen LogP contribution in [0.3, 0.4) is 0 Å². The fourth-order valence-corrected chi connectivity index (χ4v) is 4.75. The van der Waals surface area contributed by atoms with E-state index in [0.29, 0.717) is 11.6 Å². The average Bonchev–Trinajstić information content (AvgIpc) is 3.29. The van der Waals surface area contributed by atoms with Crippen LogP contribution in [0.1, 0.15) is 19.3 Å². The lowest BCUT2D eigenvalue weighted by Crippen LogP contribution is -2.34. The van der Waals surface area contributed by atoms with Gasteiger partial charge < -0.3 is 23.9 Å². The number of fused-ring (bicyclic) bond motifs is 1. The molecule has 0 unspecified atom stereocenters. The third kappa shape index (κ3) is 4.19. The lowest BCUT2D eigenvalue weighted by Gasteiger charge is -2.32. The number of nitrogens with zero attached hydrogens (tertiary/aromatic N) is 3. The van der Waals surface area contributed by atoms with Gasteiger partial charge in [-0.15, -0.1) is 0 Å². The first kappa shape index (κ1) is 22.2. The maximum Gasteiger partial charge on any atom is 0.232 e. The first-order chi connectivity index (χ1) is 16.7. The highest BCUT2D eigenvalue weighted by molar-refractivity contribution is 6.06. The molecule has 0 atom stereocenters. The Kier molecular flexibility index (Phi) is 6.36. The maximum absolute atomic E-state index is 9.32. The number of piperidine rings is 1. The van der Waals surface area contributed by atoms with E-state index in [2.05, 4.69) is 9.88 Å². The Hall–Kier alpha value is -3.58. The molecule has 0 spiro atoms. The monoisotopic (exact) mass is 459 g/mol. The smallest absolute Gasteiger partial charge is 0.232 e. The summed E-state index contributed by atoms with van der Waals surface area (Å²) in [4.78, 5) is 11.5. The van der Waals surface area contributed by atoms with E-state index in [4.69, 9.17) is 18.9 Å². The summed E-state index contributed by atoms with van der Waals surface area (Å²) in [5.41, 5.74) is 3.49. The van der Waals surface area contributed by atoms with Crippen LogP contribution in [0.25, 0.3) is 33.6 Å². The summed E-state index contributed by atoms with van der Waals surface area (Å²) in [6.07, 6.45) is 4.51. The minimum absolute atomic E-state index is 0.247. The molecule has 5 rings (SSSR count).